The summed E-state index contributed by atoms with van der Waals surface area (Å²) in [6, 6.07) is 4.16. The molecule has 0 saturated carbocycles. The van der Waals surface area contributed by atoms with E-state index in [-0.39, 0.29) is 17.8 Å². The van der Waals surface area contributed by atoms with E-state index in [0.717, 1.165) is 12.1 Å². The molecule has 0 amide bonds. The molecule has 0 unspecified atom stereocenters. The van der Waals surface area contributed by atoms with Gasteiger partial charge in [-0.2, -0.15) is 0 Å². The fraction of sp³-hybridized carbons (Fsp3) is 0.0769. The average Bonchev–Trinajstić information content (AvgIpc) is 2.36. The molecule has 2 aromatic carbocycles. The van der Waals surface area contributed by atoms with Crippen LogP contribution < -0.4 is 5.32 Å². The van der Waals surface area contributed by atoms with Gasteiger partial charge in [0.15, 0.2) is 23.3 Å². The van der Waals surface area contributed by atoms with Crippen molar-refractivity contribution in [2.75, 3.05) is 5.32 Å². The van der Waals surface area contributed by atoms with Crippen molar-refractivity contribution in [3.8, 4) is 0 Å². The Bertz CT molecular complexity index is 612. The summed E-state index contributed by atoms with van der Waals surface area (Å²) in [6.45, 7) is -0.186. The van der Waals surface area contributed by atoms with Gasteiger partial charge in [0.25, 0.3) is 0 Å². The molecular weight excluding hydrogens is 265 g/mol. The van der Waals surface area contributed by atoms with E-state index >= 15 is 0 Å². The molecule has 1 nitrogen and oxygen atoms in total. The molecular formula is C13H8F5N. The molecule has 0 aliphatic carbocycles. The molecule has 0 atom stereocenters. The zero-order chi connectivity index (χ0) is 14.0. The van der Waals surface area contributed by atoms with Crippen LogP contribution in [0.5, 0.6) is 0 Å². The number of hydrogen-bond donors (Lipinski definition) is 1. The molecule has 6 heteroatoms. The van der Waals surface area contributed by atoms with E-state index in [1.165, 1.54) is 6.07 Å². The highest BCUT2D eigenvalue weighted by molar-refractivity contribution is 5.44. The summed E-state index contributed by atoms with van der Waals surface area (Å²) in [5, 5.41) is 2.58. The van der Waals surface area contributed by atoms with Crippen LogP contribution >= 0.6 is 0 Å². The molecule has 0 spiro atoms. The van der Waals surface area contributed by atoms with Gasteiger partial charge in [0.2, 0.25) is 0 Å². The van der Waals surface area contributed by atoms with Gasteiger partial charge in [0.1, 0.15) is 5.82 Å². The van der Waals surface area contributed by atoms with Crippen molar-refractivity contribution in [3.05, 3.63) is 65.0 Å². The van der Waals surface area contributed by atoms with Crippen LogP contribution in [-0.4, -0.2) is 0 Å². The predicted octanol–water partition coefficient (Wildman–Crippen LogP) is 3.99. The molecule has 0 heterocycles. The Kier molecular flexibility index (Phi) is 3.69. The van der Waals surface area contributed by atoms with Gasteiger partial charge in [-0.15, -0.1) is 0 Å². The molecule has 0 radical (unpaired) electrons. The van der Waals surface area contributed by atoms with Gasteiger partial charge in [-0.05, 0) is 18.2 Å². The van der Waals surface area contributed by atoms with Crippen molar-refractivity contribution in [2.45, 2.75) is 6.54 Å². The maximum absolute atomic E-state index is 13.3. The summed E-state index contributed by atoms with van der Waals surface area (Å²) in [5.41, 5.74) is 0.0756. The summed E-state index contributed by atoms with van der Waals surface area (Å²) >= 11 is 0. The van der Waals surface area contributed by atoms with Crippen LogP contribution in [0.15, 0.2) is 30.3 Å². The van der Waals surface area contributed by atoms with Crippen LogP contribution in [0, 0.1) is 29.1 Å². The topological polar surface area (TPSA) is 12.0 Å². The molecule has 1 N–H and O–H groups in total. The van der Waals surface area contributed by atoms with E-state index in [1.807, 2.05) is 0 Å². The fourth-order valence-electron chi connectivity index (χ4n) is 1.50. The lowest BCUT2D eigenvalue weighted by Crippen LogP contribution is -2.04. The molecule has 2 rings (SSSR count). The lowest BCUT2D eigenvalue weighted by molar-refractivity contribution is 0.490. The van der Waals surface area contributed by atoms with E-state index in [0.29, 0.717) is 12.1 Å². The minimum absolute atomic E-state index is 0.122. The lowest BCUT2D eigenvalue weighted by atomic mass is 10.2. The van der Waals surface area contributed by atoms with E-state index in [1.54, 1.807) is 0 Å². The van der Waals surface area contributed by atoms with Gasteiger partial charge in [-0.25, -0.2) is 22.0 Å². The van der Waals surface area contributed by atoms with Gasteiger partial charge in [0, 0.05) is 29.9 Å². The average molecular weight is 273 g/mol. The first-order valence-corrected chi connectivity index (χ1v) is 5.29. The third-order valence-electron chi connectivity index (χ3n) is 2.49. The van der Waals surface area contributed by atoms with Crippen LogP contribution in [0.4, 0.5) is 27.6 Å². The van der Waals surface area contributed by atoms with E-state index in [9.17, 15) is 22.0 Å². The monoisotopic (exact) mass is 273 g/mol. The number of anilines is 1. The highest BCUT2D eigenvalue weighted by Crippen LogP contribution is 2.17. The zero-order valence-corrected chi connectivity index (χ0v) is 9.48. The maximum Gasteiger partial charge on any atom is 0.161 e. The number of hydrogen-bond acceptors (Lipinski definition) is 1. The van der Waals surface area contributed by atoms with E-state index in [4.69, 9.17) is 0 Å². The first kappa shape index (κ1) is 13.3. The molecule has 0 aliphatic heterocycles. The highest BCUT2D eigenvalue weighted by atomic mass is 19.2. The van der Waals surface area contributed by atoms with Crippen molar-refractivity contribution in [3.63, 3.8) is 0 Å². The third kappa shape index (κ3) is 3.01. The molecule has 2 aromatic rings. The number of halogens is 5. The van der Waals surface area contributed by atoms with Crippen molar-refractivity contribution in [1.29, 1.82) is 0 Å². The van der Waals surface area contributed by atoms with Crippen LogP contribution in [0.2, 0.25) is 0 Å². The maximum atomic E-state index is 13.3. The van der Waals surface area contributed by atoms with Gasteiger partial charge < -0.3 is 5.32 Å². The zero-order valence-electron chi connectivity index (χ0n) is 9.48. The molecule has 0 bridgehead atoms. The minimum atomic E-state index is -1.28. The minimum Gasteiger partial charge on any atom is -0.381 e. The molecule has 0 fully saturated rings. The second-order valence-corrected chi connectivity index (χ2v) is 3.84. The van der Waals surface area contributed by atoms with Gasteiger partial charge >= 0.3 is 0 Å². The Labute approximate surface area is 105 Å². The summed E-state index contributed by atoms with van der Waals surface area (Å²) in [4.78, 5) is 0. The lowest BCUT2D eigenvalue weighted by Gasteiger charge is -2.08. The van der Waals surface area contributed by atoms with Gasteiger partial charge in [-0.1, -0.05) is 0 Å². The smallest absolute Gasteiger partial charge is 0.161 e. The quantitative estimate of drug-likeness (QED) is 0.658. The summed E-state index contributed by atoms with van der Waals surface area (Å²) < 4.78 is 64.5. The van der Waals surface area contributed by atoms with E-state index < -0.39 is 29.1 Å². The van der Waals surface area contributed by atoms with Crippen molar-refractivity contribution >= 4 is 5.69 Å². The van der Waals surface area contributed by atoms with Crippen LogP contribution in [0.1, 0.15) is 5.56 Å². The van der Waals surface area contributed by atoms with Crippen LogP contribution in [0.25, 0.3) is 0 Å². The largest absolute Gasteiger partial charge is 0.381 e. The molecule has 0 saturated heterocycles. The molecule has 100 valence electrons. The third-order valence-corrected chi connectivity index (χ3v) is 2.49. The summed E-state index contributed by atoms with van der Waals surface area (Å²) in [7, 11) is 0. The highest BCUT2D eigenvalue weighted by Gasteiger charge is 2.10. The summed E-state index contributed by atoms with van der Waals surface area (Å²) in [5.74, 6) is -5.45. The Morgan fingerprint density at radius 2 is 1.32 bits per heavy atom. The fourth-order valence-corrected chi connectivity index (χ4v) is 1.50. The standard InChI is InChI=1S/C13H8F5N/c14-9-2-1-8(4-12(9)17)19-6-7-3-11(16)13(18)5-10(7)15/h1-5,19H,6H2. The van der Waals surface area contributed by atoms with Crippen LogP contribution in [0.3, 0.4) is 0 Å². The second kappa shape index (κ2) is 5.26. The Hall–Kier alpha value is -2.11. The Morgan fingerprint density at radius 3 is 2.00 bits per heavy atom. The Balaban J connectivity index is 2.14. The summed E-state index contributed by atoms with van der Waals surface area (Å²) in [6.07, 6.45) is 0. The van der Waals surface area contributed by atoms with Gasteiger partial charge in [-0.3, -0.25) is 0 Å². The normalized spacial score (nSPS) is 10.6. The first-order valence-electron chi connectivity index (χ1n) is 5.29. The second-order valence-electron chi connectivity index (χ2n) is 3.84. The Morgan fingerprint density at radius 1 is 0.684 bits per heavy atom. The number of rotatable bonds is 3. The molecule has 0 aliphatic rings. The molecule has 19 heavy (non-hydrogen) atoms. The predicted molar refractivity (Wildman–Crippen MR) is 60.0 cm³/mol. The number of nitrogens with one attached hydrogen (secondary N) is 1. The van der Waals surface area contributed by atoms with Crippen LogP contribution in [-0.2, 0) is 6.54 Å². The first-order chi connectivity index (χ1) is 8.97. The van der Waals surface area contributed by atoms with Crippen molar-refractivity contribution < 1.29 is 22.0 Å². The number of benzene rings is 2. The van der Waals surface area contributed by atoms with Crippen molar-refractivity contribution in [1.82, 2.24) is 0 Å². The van der Waals surface area contributed by atoms with Gasteiger partial charge in [0.05, 0.1) is 0 Å². The van der Waals surface area contributed by atoms with E-state index in [2.05, 4.69) is 5.32 Å². The molecule has 0 aromatic heterocycles. The SMILES string of the molecule is Fc1ccc(NCc2cc(F)c(F)cc2F)cc1F. The van der Waals surface area contributed by atoms with Crippen molar-refractivity contribution in [2.24, 2.45) is 0 Å².